The first-order chi connectivity index (χ1) is 7.19. The van der Waals surface area contributed by atoms with Crippen LogP contribution in [0.3, 0.4) is 0 Å². The van der Waals surface area contributed by atoms with Gasteiger partial charge in [0.25, 0.3) is 0 Å². The summed E-state index contributed by atoms with van der Waals surface area (Å²) in [5, 5.41) is 4.24. The summed E-state index contributed by atoms with van der Waals surface area (Å²) in [6.45, 7) is 7.38. The van der Waals surface area contributed by atoms with Crippen LogP contribution in [0.15, 0.2) is 23.1 Å². The monoisotopic (exact) mass is 243 g/mol. The molecule has 1 rings (SSSR count). The van der Waals surface area contributed by atoms with E-state index in [1.165, 1.54) is 10.5 Å². The molecular weight excluding hydrogens is 226 g/mol. The number of hydrogen-bond acceptors (Lipinski definition) is 2. The highest BCUT2D eigenvalue weighted by Gasteiger charge is 2.06. The van der Waals surface area contributed by atoms with Crippen molar-refractivity contribution in [1.82, 2.24) is 5.32 Å². The molecule has 0 saturated carbocycles. The lowest BCUT2D eigenvalue weighted by Crippen LogP contribution is -2.17. The fourth-order valence-corrected chi connectivity index (χ4v) is 2.51. The highest BCUT2D eigenvalue weighted by molar-refractivity contribution is 7.99. The van der Waals surface area contributed by atoms with Crippen LogP contribution in [0.25, 0.3) is 0 Å². The summed E-state index contributed by atoms with van der Waals surface area (Å²) >= 11 is 7.99. The maximum absolute atomic E-state index is 6.20. The summed E-state index contributed by atoms with van der Waals surface area (Å²) in [4.78, 5) is 1.17. The average molecular weight is 244 g/mol. The van der Waals surface area contributed by atoms with E-state index in [9.17, 15) is 0 Å². The van der Waals surface area contributed by atoms with Crippen LogP contribution in [0.5, 0.6) is 0 Å². The van der Waals surface area contributed by atoms with Gasteiger partial charge in [0, 0.05) is 10.9 Å². The summed E-state index contributed by atoms with van der Waals surface area (Å²) in [6.07, 6.45) is 0. The third-order valence-electron chi connectivity index (χ3n) is 2.27. The second-order valence-electron chi connectivity index (χ2n) is 3.40. The van der Waals surface area contributed by atoms with Gasteiger partial charge in [-0.2, -0.15) is 0 Å². The standard InChI is InChI=1S/C12H18ClNS/c1-4-14-9(3)10-6-7-12(15-5-2)11(13)8-10/h6-9,14H,4-5H2,1-3H3. The minimum Gasteiger partial charge on any atom is -0.310 e. The molecule has 1 atom stereocenters. The second-order valence-corrected chi connectivity index (χ2v) is 5.12. The molecule has 0 radical (unpaired) electrons. The Balaban J connectivity index is 2.81. The summed E-state index contributed by atoms with van der Waals surface area (Å²) in [6, 6.07) is 6.69. The number of hydrogen-bond donors (Lipinski definition) is 1. The number of thioether (sulfide) groups is 1. The van der Waals surface area contributed by atoms with Gasteiger partial charge >= 0.3 is 0 Å². The van der Waals surface area contributed by atoms with Gasteiger partial charge in [-0.1, -0.05) is 31.5 Å². The molecule has 0 bridgehead atoms. The molecule has 1 nitrogen and oxygen atoms in total. The first kappa shape index (κ1) is 12.9. The molecule has 0 aliphatic rings. The lowest BCUT2D eigenvalue weighted by atomic mass is 10.1. The molecule has 0 aliphatic heterocycles. The minimum absolute atomic E-state index is 0.369. The fraction of sp³-hybridized carbons (Fsp3) is 0.500. The van der Waals surface area contributed by atoms with Crippen LogP contribution in [0.2, 0.25) is 5.02 Å². The number of benzene rings is 1. The lowest BCUT2D eigenvalue weighted by molar-refractivity contribution is 0.598. The Morgan fingerprint density at radius 2 is 2.13 bits per heavy atom. The van der Waals surface area contributed by atoms with E-state index in [0.717, 1.165) is 17.3 Å². The predicted molar refractivity (Wildman–Crippen MR) is 69.9 cm³/mol. The van der Waals surface area contributed by atoms with Crippen molar-refractivity contribution in [2.24, 2.45) is 0 Å². The Bertz CT molecular complexity index is 314. The van der Waals surface area contributed by atoms with Crippen LogP contribution in [0, 0.1) is 0 Å². The summed E-state index contributed by atoms with van der Waals surface area (Å²) < 4.78 is 0. The quantitative estimate of drug-likeness (QED) is 0.781. The Labute approximate surface area is 102 Å². The van der Waals surface area contributed by atoms with Crippen molar-refractivity contribution in [1.29, 1.82) is 0 Å². The van der Waals surface area contributed by atoms with Crippen molar-refractivity contribution >= 4 is 23.4 Å². The van der Waals surface area contributed by atoms with Gasteiger partial charge in [0.05, 0.1) is 5.02 Å². The van der Waals surface area contributed by atoms with E-state index in [1.807, 2.05) is 0 Å². The van der Waals surface area contributed by atoms with E-state index in [2.05, 4.69) is 44.3 Å². The van der Waals surface area contributed by atoms with Gasteiger partial charge < -0.3 is 5.32 Å². The van der Waals surface area contributed by atoms with E-state index in [4.69, 9.17) is 11.6 Å². The molecule has 84 valence electrons. The Morgan fingerprint density at radius 3 is 2.67 bits per heavy atom. The predicted octanol–water partition coefficient (Wildman–Crippen LogP) is 4.12. The SMILES string of the molecule is CCNC(C)c1ccc(SCC)c(Cl)c1. The maximum Gasteiger partial charge on any atom is 0.0545 e. The zero-order chi connectivity index (χ0) is 11.3. The average Bonchev–Trinajstić information content (AvgIpc) is 2.21. The van der Waals surface area contributed by atoms with E-state index in [-0.39, 0.29) is 0 Å². The summed E-state index contributed by atoms with van der Waals surface area (Å²) in [7, 11) is 0. The van der Waals surface area contributed by atoms with E-state index in [1.54, 1.807) is 11.8 Å². The summed E-state index contributed by atoms with van der Waals surface area (Å²) in [5.74, 6) is 1.06. The van der Waals surface area contributed by atoms with Crippen molar-refractivity contribution in [3.63, 3.8) is 0 Å². The second kappa shape index (κ2) is 6.41. The molecule has 0 aliphatic carbocycles. The smallest absolute Gasteiger partial charge is 0.0545 e. The number of halogens is 1. The minimum atomic E-state index is 0.369. The molecule has 0 heterocycles. The van der Waals surface area contributed by atoms with E-state index >= 15 is 0 Å². The van der Waals surface area contributed by atoms with Crippen molar-refractivity contribution in [3.8, 4) is 0 Å². The van der Waals surface area contributed by atoms with Crippen molar-refractivity contribution in [2.45, 2.75) is 31.7 Å². The Morgan fingerprint density at radius 1 is 1.40 bits per heavy atom. The first-order valence-corrected chi connectivity index (χ1v) is 6.71. The van der Waals surface area contributed by atoms with Crippen molar-refractivity contribution in [2.75, 3.05) is 12.3 Å². The molecule has 0 amide bonds. The molecule has 1 N–H and O–H groups in total. The van der Waals surface area contributed by atoms with Gasteiger partial charge in [0.15, 0.2) is 0 Å². The van der Waals surface area contributed by atoms with Crippen LogP contribution in [-0.4, -0.2) is 12.3 Å². The lowest BCUT2D eigenvalue weighted by Gasteiger charge is -2.14. The van der Waals surface area contributed by atoms with Gasteiger partial charge in [0.1, 0.15) is 0 Å². The highest BCUT2D eigenvalue weighted by atomic mass is 35.5. The third-order valence-corrected chi connectivity index (χ3v) is 3.65. The molecule has 0 saturated heterocycles. The molecular formula is C12H18ClNS. The van der Waals surface area contributed by atoms with Gasteiger partial charge in [-0.05, 0) is 36.9 Å². The molecule has 15 heavy (non-hydrogen) atoms. The fourth-order valence-electron chi connectivity index (χ4n) is 1.48. The topological polar surface area (TPSA) is 12.0 Å². The molecule has 3 heteroatoms. The highest BCUT2D eigenvalue weighted by Crippen LogP contribution is 2.29. The van der Waals surface area contributed by atoms with Crippen molar-refractivity contribution in [3.05, 3.63) is 28.8 Å². The molecule has 0 fully saturated rings. The zero-order valence-corrected chi connectivity index (χ0v) is 11.1. The Hall–Kier alpha value is -0.180. The van der Waals surface area contributed by atoms with Gasteiger partial charge in [-0.3, -0.25) is 0 Å². The van der Waals surface area contributed by atoms with Crippen molar-refractivity contribution < 1.29 is 0 Å². The van der Waals surface area contributed by atoms with Crippen LogP contribution < -0.4 is 5.32 Å². The van der Waals surface area contributed by atoms with Crippen LogP contribution >= 0.6 is 23.4 Å². The molecule has 1 unspecified atom stereocenters. The number of nitrogens with one attached hydrogen (secondary N) is 1. The van der Waals surface area contributed by atoms with Crippen LogP contribution in [-0.2, 0) is 0 Å². The Kier molecular flexibility index (Phi) is 5.51. The largest absolute Gasteiger partial charge is 0.310 e. The van der Waals surface area contributed by atoms with Gasteiger partial charge in [0.2, 0.25) is 0 Å². The zero-order valence-electron chi connectivity index (χ0n) is 9.51. The number of rotatable bonds is 5. The molecule has 1 aromatic rings. The van der Waals surface area contributed by atoms with E-state index in [0.29, 0.717) is 6.04 Å². The van der Waals surface area contributed by atoms with Crippen LogP contribution in [0.1, 0.15) is 32.4 Å². The first-order valence-electron chi connectivity index (χ1n) is 5.34. The molecule has 0 spiro atoms. The van der Waals surface area contributed by atoms with Gasteiger partial charge in [-0.15, -0.1) is 11.8 Å². The molecule has 1 aromatic carbocycles. The van der Waals surface area contributed by atoms with E-state index < -0.39 is 0 Å². The third kappa shape index (κ3) is 3.71. The maximum atomic E-state index is 6.20. The molecule has 0 aromatic heterocycles. The summed E-state index contributed by atoms with van der Waals surface area (Å²) in [5.41, 5.74) is 1.25. The van der Waals surface area contributed by atoms with Gasteiger partial charge in [-0.25, -0.2) is 0 Å². The van der Waals surface area contributed by atoms with Crippen LogP contribution in [0.4, 0.5) is 0 Å². The normalized spacial score (nSPS) is 12.8.